The first kappa shape index (κ1) is 10.2. The number of nitrogens with one attached hydrogen (secondary N) is 2. The lowest BCUT2D eigenvalue weighted by atomic mass is 10.2. The van der Waals surface area contributed by atoms with Crippen molar-refractivity contribution >= 4 is 11.6 Å². The van der Waals surface area contributed by atoms with Crippen LogP contribution in [-0.4, -0.2) is 24.2 Å². The molecule has 1 saturated heterocycles. The maximum absolute atomic E-state index is 5.50. The molecular formula is C10H16N4O. The van der Waals surface area contributed by atoms with Gasteiger partial charge in [0.05, 0.1) is 6.10 Å². The van der Waals surface area contributed by atoms with Crippen LogP contribution in [0.25, 0.3) is 0 Å². The van der Waals surface area contributed by atoms with E-state index in [1.807, 2.05) is 18.2 Å². The van der Waals surface area contributed by atoms with Crippen LogP contribution in [0.2, 0.25) is 0 Å². The van der Waals surface area contributed by atoms with Crippen LogP contribution in [-0.2, 0) is 4.74 Å². The van der Waals surface area contributed by atoms with E-state index in [4.69, 9.17) is 10.6 Å². The van der Waals surface area contributed by atoms with E-state index < -0.39 is 0 Å². The van der Waals surface area contributed by atoms with Gasteiger partial charge in [0, 0.05) is 13.2 Å². The lowest BCUT2D eigenvalue weighted by molar-refractivity contribution is 0.120. The predicted molar refractivity (Wildman–Crippen MR) is 59.5 cm³/mol. The summed E-state index contributed by atoms with van der Waals surface area (Å²) in [6.45, 7) is 1.69. The number of rotatable bonds is 4. The summed E-state index contributed by atoms with van der Waals surface area (Å²) in [5, 5.41) is 3.23. The van der Waals surface area contributed by atoms with Crippen molar-refractivity contribution in [1.82, 2.24) is 4.98 Å². The molecular weight excluding hydrogens is 192 g/mol. The highest BCUT2D eigenvalue weighted by molar-refractivity contribution is 5.44. The molecule has 2 heterocycles. The number of nitrogens with two attached hydrogens (primary N) is 1. The van der Waals surface area contributed by atoms with Gasteiger partial charge in [-0.05, 0) is 25.0 Å². The molecule has 1 unspecified atom stereocenters. The highest BCUT2D eigenvalue weighted by atomic mass is 16.5. The van der Waals surface area contributed by atoms with Gasteiger partial charge in [-0.15, -0.1) is 0 Å². The monoisotopic (exact) mass is 208 g/mol. The van der Waals surface area contributed by atoms with Gasteiger partial charge in [0.25, 0.3) is 0 Å². The van der Waals surface area contributed by atoms with E-state index in [1.54, 1.807) is 0 Å². The summed E-state index contributed by atoms with van der Waals surface area (Å²) in [6, 6.07) is 5.63. The summed E-state index contributed by atoms with van der Waals surface area (Å²) in [7, 11) is 0. The number of hydrogen-bond acceptors (Lipinski definition) is 5. The van der Waals surface area contributed by atoms with Gasteiger partial charge in [-0.3, -0.25) is 0 Å². The van der Waals surface area contributed by atoms with Gasteiger partial charge in [0.1, 0.15) is 11.6 Å². The third-order valence-electron chi connectivity index (χ3n) is 2.43. The number of hydrazine groups is 1. The Kier molecular flexibility index (Phi) is 3.37. The Balaban J connectivity index is 1.86. The molecule has 1 aromatic rings. The first-order valence-corrected chi connectivity index (χ1v) is 5.17. The minimum absolute atomic E-state index is 0.321. The Labute approximate surface area is 89.0 Å². The number of pyridine rings is 1. The molecule has 5 heteroatoms. The van der Waals surface area contributed by atoms with Crippen LogP contribution < -0.4 is 16.6 Å². The van der Waals surface area contributed by atoms with E-state index in [-0.39, 0.29) is 0 Å². The number of anilines is 2. The lowest BCUT2D eigenvalue weighted by Gasteiger charge is -2.11. The molecule has 5 nitrogen and oxygen atoms in total. The van der Waals surface area contributed by atoms with Crippen molar-refractivity contribution in [3.05, 3.63) is 18.2 Å². The van der Waals surface area contributed by atoms with Crippen LogP contribution in [0.1, 0.15) is 12.8 Å². The standard InChI is InChI=1S/C10H16N4O/c11-14-10-5-1-4-9(13-10)12-7-8-3-2-6-15-8/h1,4-5,8H,2-3,6-7,11H2,(H2,12,13,14). The van der Waals surface area contributed by atoms with E-state index in [0.717, 1.165) is 31.8 Å². The third-order valence-corrected chi connectivity index (χ3v) is 2.43. The van der Waals surface area contributed by atoms with Crippen LogP contribution in [0.3, 0.4) is 0 Å². The molecule has 4 N–H and O–H groups in total. The summed E-state index contributed by atoms with van der Waals surface area (Å²) in [6.07, 6.45) is 2.60. The fraction of sp³-hybridized carbons (Fsp3) is 0.500. The van der Waals surface area contributed by atoms with E-state index in [0.29, 0.717) is 11.9 Å². The summed E-state index contributed by atoms with van der Waals surface area (Å²) < 4.78 is 5.50. The van der Waals surface area contributed by atoms with Crippen molar-refractivity contribution in [2.45, 2.75) is 18.9 Å². The third kappa shape index (κ3) is 2.81. The van der Waals surface area contributed by atoms with Crippen LogP contribution in [0, 0.1) is 0 Å². The molecule has 1 atom stereocenters. The SMILES string of the molecule is NNc1cccc(NCC2CCCO2)n1. The molecule has 0 radical (unpaired) electrons. The molecule has 0 aliphatic carbocycles. The molecule has 1 fully saturated rings. The number of nitrogens with zero attached hydrogens (tertiary/aromatic N) is 1. The van der Waals surface area contributed by atoms with Crippen molar-refractivity contribution in [2.24, 2.45) is 5.84 Å². The Morgan fingerprint density at radius 3 is 3.07 bits per heavy atom. The highest BCUT2D eigenvalue weighted by Crippen LogP contribution is 2.13. The van der Waals surface area contributed by atoms with Gasteiger partial charge in [-0.2, -0.15) is 0 Å². The average molecular weight is 208 g/mol. The average Bonchev–Trinajstić information content (AvgIpc) is 2.79. The number of aromatic nitrogens is 1. The summed E-state index contributed by atoms with van der Waals surface area (Å²) in [4.78, 5) is 4.25. The number of nitrogen functional groups attached to an aromatic ring is 1. The van der Waals surface area contributed by atoms with Crippen molar-refractivity contribution < 1.29 is 4.74 Å². The zero-order valence-corrected chi connectivity index (χ0v) is 8.57. The second kappa shape index (κ2) is 4.95. The van der Waals surface area contributed by atoms with Crippen molar-refractivity contribution in [1.29, 1.82) is 0 Å². The zero-order chi connectivity index (χ0) is 10.5. The number of hydrogen-bond donors (Lipinski definition) is 3. The summed E-state index contributed by atoms with van der Waals surface area (Å²) >= 11 is 0. The van der Waals surface area contributed by atoms with Gasteiger partial charge >= 0.3 is 0 Å². The Morgan fingerprint density at radius 1 is 1.47 bits per heavy atom. The second-order valence-electron chi connectivity index (χ2n) is 3.57. The number of ether oxygens (including phenoxy) is 1. The molecule has 2 rings (SSSR count). The first-order valence-electron chi connectivity index (χ1n) is 5.17. The van der Waals surface area contributed by atoms with Crippen molar-refractivity contribution in [3.63, 3.8) is 0 Å². The highest BCUT2D eigenvalue weighted by Gasteiger charge is 2.14. The first-order chi connectivity index (χ1) is 7.38. The van der Waals surface area contributed by atoms with Gasteiger partial charge < -0.3 is 15.5 Å². The maximum atomic E-state index is 5.50. The molecule has 1 aliphatic heterocycles. The fourth-order valence-electron chi connectivity index (χ4n) is 1.64. The second-order valence-corrected chi connectivity index (χ2v) is 3.57. The van der Waals surface area contributed by atoms with Crippen LogP contribution in [0.15, 0.2) is 18.2 Å². The van der Waals surface area contributed by atoms with E-state index >= 15 is 0 Å². The predicted octanol–water partition coefficient (Wildman–Crippen LogP) is 0.958. The van der Waals surface area contributed by atoms with Gasteiger partial charge in [0.2, 0.25) is 0 Å². The molecule has 1 aromatic heterocycles. The molecule has 1 aliphatic rings. The molecule has 15 heavy (non-hydrogen) atoms. The quantitative estimate of drug-likeness (QED) is 0.507. The topological polar surface area (TPSA) is 72.2 Å². The smallest absolute Gasteiger partial charge is 0.142 e. The van der Waals surface area contributed by atoms with E-state index in [2.05, 4.69) is 15.7 Å². The Hall–Kier alpha value is -1.33. The summed E-state index contributed by atoms with van der Waals surface area (Å²) in [5.41, 5.74) is 2.51. The zero-order valence-electron chi connectivity index (χ0n) is 8.57. The van der Waals surface area contributed by atoms with Crippen LogP contribution >= 0.6 is 0 Å². The van der Waals surface area contributed by atoms with Crippen LogP contribution in [0.4, 0.5) is 11.6 Å². The molecule has 0 bridgehead atoms. The molecule has 0 amide bonds. The van der Waals surface area contributed by atoms with Crippen molar-refractivity contribution in [3.8, 4) is 0 Å². The van der Waals surface area contributed by atoms with E-state index in [1.165, 1.54) is 0 Å². The van der Waals surface area contributed by atoms with Gasteiger partial charge in [-0.1, -0.05) is 6.07 Å². The normalized spacial score (nSPS) is 20.2. The summed E-state index contributed by atoms with van der Waals surface area (Å²) in [5.74, 6) is 6.75. The van der Waals surface area contributed by atoms with E-state index in [9.17, 15) is 0 Å². The molecule has 82 valence electrons. The maximum Gasteiger partial charge on any atom is 0.142 e. The largest absolute Gasteiger partial charge is 0.376 e. The van der Waals surface area contributed by atoms with Gasteiger partial charge in [-0.25, -0.2) is 10.8 Å². The van der Waals surface area contributed by atoms with Crippen molar-refractivity contribution in [2.75, 3.05) is 23.9 Å². The Morgan fingerprint density at radius 2 is 2.33 bits per heavy atom. The molecule has 0 spiro atoms. The minimum atomic E-state index is 0.321. The van der Waals surface area contributed by atoms with Gasteiger partial charge in [0.15, 0.2) is 0 Å². The minimum Gasteiger partial charge on any atom is -0.376 e. The fourth-order valence-corrected chi connectivity index (χ4v) is 1.64. The molecule has 0 aromatic carbocycles. The van der Waals surface area contributed by atoms with Crippen LogP contribution in [0.5, 0.6) is 0 Å². The Bertz CT molecular complexity index is 312. The lowest BCUT2D eigenvalue weighted by Crippen LogP contribution is -2.19. The molecule has 0 saturated carbocycles.